The predicted octanol–water partition coefficient (Wildman–Crippen LogP) is 2.21. The molecule has 5 rings (SSSR count). The van der Waals surface area contributed by atoms with Gasteiger partial charge in [0.05, 0.1) is 12.9 Å². The summed E-state index contributed by atoms with van der Waals surface area (Å²) in [5.41, 5.74) is 0. The third kappa shape index (κ3) is 3.64. The first-order chi connectivity index (χ1) is 13.4. The van der Waals surface area contributed by atoms with Crippen LogP contribution in [0.4, 0.5) is 0 Å². The molecule has 3 saturated heterocycles. The molecule has 28 heavy (non-hydrogen) atoms. The minimum atomic E-state index is -3.70. The van der Waals surface area contributed by atoms with E-state index in [1.807, 2.05) is 0 Å². The summed E-state index contributed by atoms with van der Waals surface area (Å²) in [7, 11) is -3.70. The van der Waals surface area contributed by atoms with Gasteiger partial charge in [0.1, 0.15) is 24.4 Å². The van der Waals surface area contributed by atoms with Crippen LogP contribution in [-0.2, 0) is 38.0 Å². The SMILES string of the molecule is CS(=O)(=O)O[C@@H]1[C@H]2OC3(CCCCC3)O[C@H]2O[C@@H]1[C@H]1COC2(CCCCC2)O1. The van der Waals surface area contributed by atoms with Crippen molar-refractivity contribution in [3.63, 3.8) is 0 Å². The van der Waals surface area contributed by atoms with E-state index >= 15 is 0 Å². The normalized spacial score (nSPS) is 42.2. The third-order valence-corrected chi connectivity index (χ3v) is 7.22. The molecule has 0 amide bonds. The number of ether oxygens (including phenoxy) is 5. The van der Waals surface area contributed by atoms with Crippen molar-refractivity contribution >= 4 is 10.1 Å². The molecule has 3 heterocycles. The van der Waals surface area contributed by atoms with E-state index in [9.17, 15) is 8.42 Å². The topological polar surface area (TPSA) is 89.5 Å². The fourth-order valence-corrected chi connectivity index (χ4v) is 6.01. The van der Waals surface area contributed by atoms with Gasteiger partial charge in [-0.3, -0.25) is 4.18 Å². The lowest BCUT2D eigenvalue weighted by atomic mass is 9.94. The second-order valence-electron chi connectivity index (χ2n) is 8.84. The molecule has 0 aromatic heterocycles. The lowest BCUT2D eigenvalue weighted by Gasteiger charge is -2.35. The van der Waals surface area contributed by atoms with Gasteiger partial charge in [-0.15, -0.1) is 0 Å². The molecule has 0 unspecified atom stereocenters. The number of fused-ring (bicyclic) bond motifs is 1. The Kier molecular flexibility index (Phi) is 5.02. The minimum absolute atomic E-state index is 0.360. The molecule has 160 valence electrons. The Hall–Kier alpha value is -0.290. The quantitative estimate of drug-likeness (QED) is 0.645. The van der Waals surface area contributed by atoms with Gasteiger partial charge in [0.2, 0.25) is 0 Å². The van der Waals surface area contributed by atoms with Gasteiger partial charge in [0.25, 0.3) is 10.1 Å². The highest BCUT2D eigenvalue weighted by Crippen LogP contribution is 2.48. The first kappa shape index (κ1) is 19.7. The summed E-state index contributed by atoms with van der Waals surface area (Å²) >= 11 is 0. The highest BCUT2D eigenvalue weighted by Gasteiger charge is 2.62. The summed E-state index contributed by atoms with van der Waals surface area (Å²) in [5.74, 6) is -1.23. The first-order valence-corrected chi connectivity index (χ1v) is 12.4. The van der Waals surface area contributed by atoms with Crippen molar-refractivity contribution < 1.29 is 36.3 Å². The molecular weight excluding hydrogens is 388 g/mol. The minimum Gasteiger partial charge on any atom is -0.347 e. The predicted molar refractivity (Wildman–Crippen MR) is 96.8 cm³/mol. The monoisotopic (exact) mass is 418 g/mol. The molecule has 0 radical (unpaired) electrons. The molecule has 0 N–H and O–H groups in total. The molecule has 0 bridgehead atoms. The molecule has 0 aromatic rings. The van der Waals surface area contributed by atoms with Gasteiger partial charge < -0.3 is 23.7 Å². The molecule has 2 spiro atoms. The summed E-state index contributed by atoms with van der Waals surface area (Å²) in [6.45, 7) is 0.360. The van der Waals surface area contributed by atoms with Crippen molar-refractivity contribution in [1.29, 1.82) is 0 Å². The van der Waals surface area contributed by atoms with Crippen molar-refractivity contribution in [3.05, 3.63) is 0 Å². The average Bonchev–Trinajstić information content (AvgIpc) is 3.29. The van der Waals surface area contributed by atoms with Crippen LogP contribution in [0.5, 0.6) is 0 Å². The van der Waals surface area contributed by atoms with Crippen LogP contribution >= 0.6 is 0 Å². The van der Waals surface area contributed by atoms with E-state index in [1.165, 1.54) is 6.42 Å². The molecule has 2 aliphatic carbocycles. The summed E-state index contributed by atoms with van der Waals surface area (Å²) < 4.78 is 60.3. The Morgan fingerprint density at radius 3 is 2.11 bits per heavy atom. The molecule has 5 fully saturated rings. The zero-order chi connectivity index (χ0) is 19.4. The van der Waals surface area contributed by atoms with Gasteiger partial charge in [-0.2, -0.15) is 8.42 Å². The summed E-state index contributed by atoms with van der Waals surface area (Å²) in [5, 5.41) is 0. The van der Waals surface area contributed by atoms with Gasteiger partial charge in [0.15, 0.2) is 17.9 Å². The van der Waals surface area contributed by atoms with Gasteiger partial charge in [-0.25, -0.2) is 0 Å². The second kappa shape index (κ2) is 7.14. The highest BCUT2D eigenvalue weighted by atomic mass is 32.2. The van der Waals surface area contributed by atoms with Crippen molar-refractivity contribution in [1.82, 2.24) is 0 Å². The van der Waals surface area contributed by atoms with Gasteiger partial charge in [-0.05, 0) is 25.7 Å². The van der Waals surface area contributed by atoms with Crippen molar-refractivity contribution in [2.45, 2.75) is 106 Å². The zero-order valence-electron chi connectivity index (χ0n) is 16.3. The van der Waals surface area contributed by atoms with Crippen LogP contribution in [0, 0.1) is 0 Å². The maximum Gasteiger partial charge on any atom is 0.264 e. The highest BCUT2D eigenvalue weighted by molar-refractivity contribution is 7.86. The number of hydrogen-bond acceptors (Lipinski definition) is 8. The van der Waals surface area contributed by atoms with Gasteiger partial charge in [0, 0.05) is 25.7 Å². The lowest BCUT2D eigenvalue weighted by molar-refractivity contribution is -0.258. The Bertz CT molecular complexity index is 682. The van der Waals surface area contributed by atoms with E-state index in [1.54, 1.807) is 0 Å². The second-order valence-corrected chi connectivity index (χ2v) is 10.4. The largest absolute Gasteiger partial charge is 0.347 e. The summed E-state index contributed by atoms with van der Waals surface area (Å²) in [6, 6.07) is 0. The van der Waals surface area contributed by atoms with Gasteiger partial charge >= 0.3 is 0 Å². The molecule has 2 saturated carbocycles. The zero-order valence-corrected chi connectivity index (χ0v) is 17.2. The van der Waals surface area contributed by atoms with E-state index in [2.05, 4.69) is 0 Å². The third-order valence-electron chi connectivity index (χ3n) is 6.65. The molecule has 0 aromatic carbocycles. The van der Waals surface area contributed by atoms with Crippen LogP contribution in [0.25, 0.3) is 0 Å². The van der Waals surface area contributed by atoms with E-state index in [4.69, 9.17) is 27.9 Å². The van der Waals surface area contributed by atoms with Crippen LogP contribution < -0.4 is 0 Å². The Morgan fingerprint density at radius 1 is 0.821 bits per heavy atom. The van der Waals surface area contributed by atoms with E-state index in [-0.39, 0.29) is 0 Å². The Labute approximate surface area is 166 Å². The Balaban J connectivity index is 1.34. The first-order valence-electron chi connectivity index (χ1n) is 10.6. The maximum absolute atomic E-state index is 12.0. The van der Waals surface area contributed by atoms with Crippen molar-refractivity contribution in [3.8, 4) is 0 Å². The number of rotatable bonds is 3. The fraction of sp³-hybridized carbons (Fsp3) is 1.00. The van der Waals surface area contributed by atoms with Crippen LogP contribution in [0.3, 0.4) is 0 Å². The standard InChI is InChI=1S/C19H30O8S/c1-28(20,21)27-15-14(13-12-22-18(24-13)8-4-2-5-9-18)23-17-16(15)25-19(26-17)10-6-3-7-11-19/h13-17H,2-12H2,1H3/t13-,14-,15+,16-,17-/m1/s1. The summed E-state index contributed by atoms with van der Waals surface area (Å²) in [4.78, 5) is 0. The maximum atomic E-state index is 12.0. The van der Waals surface area contributed by atoms with Crippen LogP contribution in [-0.4, -0.2) is 63.6 Å². The molecule has 3 aliphatic heterocycles. The van der Waals surface area contributed by atoms with Crippen LogP contribution in [0.2, 0.25) is 0 Å². The molecular formula is C19H30O8S. The van der Waals surface area contributed by atoms with E-state index in [0.717, 1.165) is 64.0 Å². The van der Waals surface area contributed by atoms with Crippen LogP contribution in [0.15, 0.2) is 0 Å². The van der Waals surface area contributed by atoms with Crippen molar-refractivity contribution in [2.24, 2.45) is 0 Å². The fourth-order valence-electron chi connectivity index (χ4n) is 5.39. The van der Waals surface area contributed by atoms with E-state index in [0.29, 0.717) is 6.61 Å². The molecule has 9 heteroatoms. The molecule has 5 aliphatic rings. The van der Waals surface area contributed by atoms with Gasteiger partial charge in [-0.1, -0.05) is 12.8 Å². The lowest BCUT2D eigenvalue weighted by Crippen LogP contribution is -2.46. The smallest absolute Gasteiger partial charge is 0.264 e. The molecule has 5 atom stereocenters. The average molecular weight is 419 g/mol. The van der Waals surface area contributed by atoms with E-state index < -0.39 is 52.4 Å². The number of hydrogen-bond donors (Lipinski definition) is 0. The molecule has 8 nitrogen and oxygen atoms in total. The van der Waals surface area contributed by atoms with Crippen molar-refractivity contribution in [2.75, 3.05) is 12.9 Å². The summed E-state index contributed by atoms with van der Waals surface area (Å²) in [6.07, 6.45) is 7.90. The van der Waals surface area contributed by atoms with Crippen LogP contribution in [0.1, 0.15) is 64.2 Å². The Morgan fingerprint density at radius 2 is 1.46 bits per heavy atom.